The van der Waals surface area contributed by atoms with E-state index in [0.717, 1.165) is 34.4 Å². The van der Waals surface area contributed by atoms with Gasteiger partial charge in [-0.05, 0) is 36.6 Å². The maximum atomic E-state index is 12.6. The summed E-state index contributed by atoms with van der Waals surface area (Å²) in [6, 6.07) is 3.93. The monoisotopic (exact) mass is 436 g/mol. The third-order valence-electron chi connectivity index (χ3n) is 4.35. The molecule has 0 radical (unpaired) electrons. The van der Waals surface area contributed by atoms with E-state index in [1.165, 1.54) is 11.3 Å². The highest BCUT2D eigenvalue weighted by molar-refractivity contribution is 8.01. The summed E-state index contributed by atoms with van der Waals surface area (Å²) in [5, 5.41) is 17.7. The van der Waals surface area contributed by atoms with Crippen LogP contribution in [0.2, 0.25) is 0 Å². The van der Waals surface area contributed by atoms with Crippen LogP contribution >= 0.6 is 34.4 Å². The number of likely N-dealkylation sites (tertiary alicyclic amines) is 1. The largest absolute Gasteiger partial charge is 0.338 e. The molecule has 1 aliphatic heterocycles. The minimum Gasteiger partial charge on any atom is -0.338 e. The van der Waals surface area contributed by atoms with Gasteiger partial charge < -0.3 is 9.84 Å². The second kappa shape index (κ2) is 9.12. The number of thiophene rings is 1. The van der Waals surface area contributed by atoms with E-state index >= 15 is 0 Å². The van der Waals surface area contributed by atoms with E-state index in [0.29, 0.717) is 29.9 Å². The number of carbonyl (C=O) groups excluding carboxylic acids is 1. The molecule has 1 fully saturated rings. The van der Waals surface area contributed by atoms with E-state index in [-0.39, 0.29) is 11.8 Å². The predicted molar refractivity (Wildman–Crippen MR) is 111 cm³/mol. The standard InChI is InChI=1S/C17H20N6O2S3/c1-2-26-17-21-20-16(28-17)19-15(24)11-5-3-7-23(9-11)10-13-18-14(22-25-13)12-6-4-8-27-12/h4,6,8,11H,2-3,5,7,9-10H2,1H3,(H,19,20,24)/t11-/m1/s1. The van der Waals surface area contributed by atoms with Crippen LogP contribution < -0.4 is 5.32 Å². The quantitative estimate of drug-likeness (QED) is 0.443. The molecule has 8 nitrogen and oxygen atoms in total. The van der Waals surface area contributed by atoms with Crippen LogP contribution in [0.5, 0.6) is 0 Å². The molecule has 3 aromatic rings. The topological polar surface area (TPSA) is 97.0 Å². The maximum Gasteiger partial charge on any atom is 0.241 e. The van der Waals surface area contributed by atoms with E-state index in [9.17, 15) is 4.79 Å². The van der Waals surface area contributed by atoms with Crippen LogP contribution in [-0.4, -0.2) is 50.0 Å². The number of thioether (sulfide) groups is 1. The normalized spacial score (nSPS) is 17.7. The molecule has 1 saturated heterocycles. The van der Waals surface area contributed by atoms with Gasteiger partial charge in [0.2, 0.25) is 22.8 Å². The van der Waals surface area contributed by atoms with Crippen LogP contribution in [0.3, 0.4) is 0 Å². The molecule has 3 aromatic heterocycles. The Morgan fingerprint density at radius 3 is 3.21 bits per heavy atom. The first-order chi connectivity index (χ1) is 13.7. The van der Waals surface area contributed by atoms with E-state index in [1.54, 1.807) is 23.1 Å². The lowest BCUT2D eigenvalue weighted by Crippen LogP contribution is -2.40. The lowest BCUT2D eigenvalue weighted by molar-refractivity contribution is -0.121. The van der Waals surface area contributed by atoms with Crippen molar-refractivity contribution in [2.45, 2.75) is 30.6 Å². The number of rotatable bonds is 7. The average molecular weight is 437 g/mol. The van der Waals surface area contributed by atoms with Gasteiger partial charge in [0.15, 0.2) is 4.34 Å². The Balaban J connectivity index is 1.33. The molecule has 11 heteroatoms. The molecule has 0 saturated carbocycles. The minimum atomic E-state index is -0.0837. The summed E-state index contributed by atoms with van der Waals surface area (Å²) < 4.78 is 6.27. The van der Waals surface area contributed by atoms with Gasteiger partial charge in [0.05, 0.1) is 17.3 Å². The molecular formula is C17H20N6O2S3. The van der Waals surface area contributed by atoms with Crippen LogP contribution in [0.1, 0.15) is 25.7 Å². The van der Waals surface area contributed by atoms with E-state index in [2.05, 4.69) is 37.5 Å². The Hall–Kier alpha value is -1.82. The third-order valence-corrected chi connectivity index (χ3v) is 7.07. The SMILES string of the molecule is CCSc1nnc(NC(=O)[C@@H]2CCCN(Cc3nc(-c4cccs4)no3)C2)s1. The number of anilines is 1. The van der Waals surface area contributed by atoms with Gasteiger partial charge in [0.1, 0.15) is 0 Å². The van der Waals surface area contributed by atoms with Crippen LogP contribution in [0, 0.1) is 5.92 Å². The number of amides is 1. The molecule has 1 aliphatic rings. The molecule has 1 atom stereocenters. The summed E-state index contributed by atoms with van der Waals surface area (Å²) in [6.45, 7) is 4.19. The van der Waals surface area contributed by atoms with Crippen molar-refractivity contribution in [1.29, 1.82) is 0 Å². The first-order valence-corrected chi connectivity index (χ1v) is 11.8. The van der Waals surface area contributed by atoms with Gasteiger partial charge in [0.25, 0.3) is 0 Å². The first-order valence-electron chi connectivity index (χ1n) is 9.07. The Bertz CT molecular complexity index is 910. The third kappa shape index (κ3) is 4.77. The highest BCUT2D eigenvalue weighted by Gasteiger charge is 2.27. The smallest absolute Gasteiger partial charge is 0.241 e. The van der Waals surface area contributed by atoms with Crippen molar-refractivity contribution in [1.82, 2.24) is 25.2 Å². The van der Waals surface area contributed by atoms with Gasteiger partial charge in [-0.2, -0.15) is 4.98 Å². The van der Waals surface area contributed by atoms with E-state index in [1.807, 2.05) is 17.5 Å². The van der Waals surface area contributed by atoms with E-state index < -0.39 is 0 Å². The number of aromatic nitrogens is 4. The number of carbonyl (C=O) groups is 1. The number of hydrogen-bond acceptors (Lipinski definition) is 10. The molecular weight excluding hydrogens is 416 g/mol. The number of nitrogens with zero attached hydrogens (tertiary/aromatic N) is 5. The van der Waals surface area contributed by atoms with Gasteiger partial charge in [-0.15, -0.1) is 21.5 Å². The van der Waals surface area contributed by atoms with Gasteiger partial charge in [0, 0.05) is 6.54 Å². The summed E-state index contributed by atoms with van der Waals surface area (Å²) in [4.78, 5) is 20.3. The molecule has 28 heavy (non-hydrogen) atoms. The highest BCUT2D eigenvalue weighted by Crippen LogP contribution is 2.27. The molecule has 4 heterocycles. The lowest BCUT2D eigenvalue weighted by Gasteiger charge is -2.30. The fraction of sp³-hybridized carbons (Fsp3) is 0.471. The van der Waals surface area contributed by atoms with Crippen molar-refractivity contribution in [3.05, 3.63) is 23.4 Å². The zero-order chi connectivity index (χ0) is 19.3. The average Bonchev–Trinajstić information content (AvgIpc) is 3.44. The molecule has 4 rings (SSSR count). The molecule has 1 amide bonds. The van der Waals surface area contributed by atoms with Crippen molar-refractivity contribution >= 4 is 45.5 Å². The summed E-state index contributed by atoms with van der Waals surface area (Å²) in [5.41, 5.74) is 0. The van der Waals surface area contributed by atoms with Crippen molar-refractivity contribution in [2.24, 2.45) is 5.92 Å². The fourth-order valence-corrected chi connectivity index (χ4v) is 5.38. The van der Waals surface area contributed by atoms with Gasteiger partial charge >= 0.3 is 0 Å². The Kier molecular flexibility index (Phi) is 6.35. The number of nitrogens with one attached hydrogen (secondary N) is 1. The Morgan fingerprint density at radius 2 is 2.39 bits per heavy atom. The lowest BCUT2D eigenvalue weighted by atomic mass is 9.97. The molecule has 1 N–H and O–H groups in total. The Labute approximate surface area is 174 Å². The van der Waals surface area contributed by atoms with Crippen molar-refractivity contribution < 1.29 is 9.32 Å². The summed E-state index contributed by atoms with van der Waals surface area (Å²) in [7, 11) is 0. The Morgan fingerprint density at radius 1 is 1.46 bits per heavy atom. The zero-order valence-electron chi connectivity index (χ0n) is 15.3. The second-order valence-corrected chi connectivity index (χ2v) is 9.80. The van der Waals surface area contributed by atoms with Crippen LogP contribution in [0.25, 0.3) is 10.7 Å². The maximum absolute atomic E-state index is 12.6. The van der Waals surface area contributed by atoms with Crippen LogP contribution in [0.4, 0.5) is 5.13 Å². The van der Waals surface area contributed by atoms with Gasteiger partial charge in [-0.25, -0.2) is 0 Å². The van der Waals surface area contributed by atoms with Crippen molar-refractivity contribution in [3.8, 4) is 10.7 Å². The second-order valence-electron chi connectivity index (χ2n) is 6.36. The van der Waals surface area contributed by atoms with Gasteiger partial charge in [-0.3, -0.25) is 9.69 Å². The van der Waals surface area contributed by atoms with Crippen molar-refractivity contribution in [2.75, 3.05) is 24.2 Å². The summed E-state index contributed by atoms with van der Waals surface area (Å²) in [5.74, 6) is 2.05. The molecule has 0 aliphatic carbocycles. The van der Waals surface area contributed by atoms with Crippen LogP contribution in [0.15, 0.2) is 26.4 Å². The zero-order valence-corrected chi connectivity index (χ0v) is 17.8. The molecule has 148 valence electrons. The van der Waals surface area contributed by atoms with Crippen LogP contribution in [-0.2, 0) is 11.3 Å². The molecule has 0 spiro atoms. The fourth-order valence-electron chi connectivity index (χ4n) is 3.08. The van der Waals surface area contributed by atoms with Gasteiger partial charge in [-0.1, -0.05) is 41.2 Å². The van der Waals surface area contributed by atoms with E-state index in [4.69, 9.17) is 4.52 Å². The first kappa shape index (κ1) is 19.5. The summed E-state index contributed by atoms with van der Waals surface area (Å²) >= 11 is 4.62. The minimum absolute atomic E-state index is 0.00120. The van der Waals surface area contributed by atoms with Crippen molar-refractivity contribution in [3.63, 3.8) is 0 Å². The predicted octanol–water partition coefficient (Wildman–Crippen LogP) is 3.61. The molecule has 0 unspecified atom stereocenters. The molecule has 0 bridgehead atoms. The highest BCUT2D eigenvalue weighted by atomic mass is 32.2. The summed E-state index contributed by atoms with van der Waals surface area (Å²) in [6.07, 6.45) is 1.82. The molecule has 0 aromatic carbocycles. The number of hydrogen-bond donors (Lipinski definition) is 1. The number of piperidine rings is 1.